The molecule has 1 amide bonds. The number of hydrogen-bond acceptors (Lipinski definition) is 4. The Labute approximate surface area is 124 Å². The lowest BCUT2D eigenvalue weighted by atomic mass is 10.1. The number of carbonyl (C=O) groups excluding carboxylic acids is 1. The molecule has 0 fully saturated rings. The minimum absolute atomic E-state index is 0.185. The maximum atomic E-state index is 12.1. The molecule has 0 aliphatic heterocycles. The number of anilines is 1. The Morgan fingerprint density at radius 3 is 2.90 bits per heavy atom. The normalized spacial score (nSPS) is 12.1. The van der Waals surface area contributed by atoms with Crippen LogP contribution in [0, 0.1) is 6.92 Å². The third kappa shape index (κ3) is 3.66. The van der Waals surface area contributed by atoms with E-state index >= 15 is 0 Å². The molecule has 1 unspecified atom stereocenters. The van der Waals surface area contributed by atoms with Gasteiger partial charge >= 0.3 is 0 Å². The molecular formula is C15H21N5O. The average Bonchev–Trinajstić information content (AvgIpc) is 2.91. The first-order valence-corrected chi connectivity index (χ1v) is 7.15. The summed E-state index contributed by atoms with van der Waals surface area (Å²) in [6.45, 7) is 3.96. The quantitative estimate of drug-likeness (QED) is 0.851. The predicted molar refractivity (Wildman–Crippen MR) is 82.2 cm³/mol. The highest BCUT2D eigenvalue weighted by atomic mass is 16.2. The fraction of sp³-hybridized carbons (Fsp3) is 0.400. The molecule has 6 nitrogen and oxygen atoms in total. The molecular weight excluding hydrogens is 266 g/mol. The third-order valence-corrected chi connectivity index (χ3v) is 3.30. The lowest BCUT2D eigenvalue weighted by molar-refractivity contribution is -0.117. The van der Waals surface area contributed by atoms with Crippen molar-refractivity contribution in [3.63, 3.8) is 0 Å². The minimum Gasteiger partial charge on any atom is -0.322 e. The lowest BCUT2D eigenvalue weighted by Gasteiger charge is -2.14. The van der Waals surface area contributed by atoms with Gasteiger partial charge in [0.2, 0.25) is 5.91 Å². The SMILES string of the molecule is CCCCC(N)C(=O)Nc1cccnc1-n1ccnc1C. The van der Waals surface area contributed by atoms with E-state index in [2.05, 4.69) is 22.2 Å². The van der Waals surface area contributed by atoms with E-state index < -0.39 is 6.04 Å². The Kier molecular flexibility index (Phi) is 5.05. The van der Waals surface area contributed by atoms with E-state index in [1.165, 1.54) is 0 Å². The zero-order valence-electron chi connectivity index (χ0n) is 12.4. The van der Waals surface area contributed by atoms with E-state index in [1.54, 1.807) is 18.5 Å². The Hall–Kier alpha value is -2.21. The van der Waals surface area contributed by atoms with Crippen LogP contribution in [-0.4, -0.2) is 26.5 Å². The van der Waals surface area contributed by atoms with Gasteiger partial charge in [0, 0.05) is 18.6 Å². The molecule has 1 atom stereocenters. The number of unbranched alkanes of at least 4 members (excludes halogenated alkanes) is 1. The van der Waals surface area contributed by atoms with Crippen LogP contribution in [0.1, 0.15) is 32.0 Å². The zero-order valence-corrected chi connectivity index (χ0v) is 12.4. The van der Waals surface area contributed by atoms with Crippen LogP contribution in [0.3, 0.4) is 0 Å². The summed E-state index contributed by atoms with van der Waals surface area (Å²) >= 11 is 0. The van der Waals surface area contributed by atoms with Crippen LogP contribution in [0.2, 0.25) is 0 Å². The first kappa shape index (κ1) is 15.2. The molecule has 2 heterocycles. The molecule has 6 heteroatoms. The van der Waals surface area contributed by atoms with Crippen LogP contribution >= 0.6 is 0 Å². The van der Waals surface area contributed by atoms with Crippen molar-refractivity contribution in [3.05, 3.63) is 36.5 Å². The number of amides is 1. The Morgan fingerprint density at radius 1 is 1.43 bits per heavy atom. The van der Waals surface area contributed by atoms with Crippen molar-refractivity contribution in [2.75, 3.05) is 5.32 Å². The summed E-state index contributed by atoms with van der Waals surface area (Å²) in [7, 11) is 0. The first-order valence-electron chi connectivity index (χ1n) is 7.15. The highest BCUT2D eigenvalue weighted by molar-refractivity contribution is 5.96. The molecule has 0 bridgehead atoms. The lowest BCUT2D eigenvalue weighted by Crippen LogP contribution is -2.35. The third-order valence-electron chi connectivity index (χ3n) is 3.30. The molecule has 0 aliphatic carbocycles. The van der Waals surface area contributed by atoms with Gasteiger partial charge in [-0.25, -0.2) is 9.97 Å². The van der Waals surface area contributed by atoms with Crippen molar-refractivity contribution in [3.8, 4) is 5.82 Å². The summed E-state index contributed by atoms with van der Waals surface area (Å²) in [6, 6.07) is 3.09. The standard InChI is InChI=1S/C15H21N5O/c1-3-4-6-12(16)15(21)19-13-7-5-8-18-14(13)20-10-9-17-11(20)2/h5,7-10,12H,3-4,6,16H2,1-2H3,(H,19,21). The number of nitrogens with two attached hydrogens (primary N) is 1. The van der Waals surface area contributed by atoms with Gasteiger partial charge in [0.1, 0.15) is 5.82 Å². The van der Waals surface area contributed by atoms with Crippen molar-refractivity contribution in [2.24, 2.45) is 5.73 Å². The second-order valence-electron chi connectivity index (χ2n) is 4.96. The predicted octanol–water partition coefficient (Wildman–Crippen LogP) is 2.03. The molecule has 0 radical (unpaired) electrons. The van der Waals surface area contributed by atoms with Crippen molar-refractivity contribution in [2.45, 2.75) is 39.2 Å². The van der Waals surface area contributed by atoms with Gasteiger partial charge in [0.05, 0.1) is 11.7 Å². The van der Waals surface area contributed by atoms with E-state index in [0.29, 0.717) is 17.9 Å². The van der Waals surface area contributed by atoms with Crippen molar-refractivity contribution in [1.82, 2.24) is 14.5 Å². The minimum atomic E-state index is -0.498. The zero-order chi connectivity index (χ0) is 15.2. The molecule has 0 aliphatic rings. The number of nitrogens with one attached hydrogen (secondary N) is 1. The number of pyridine rings is 1. The average molecular weight is 287 g/mol. The van der Waals surface area contributed by atoms with Crippen molar-refractivity contribution in [1.29, 1.82) is 0 Å². The Morgan fingerprint density at radius 2 is 2.24 bits per heavy atom. The van der Waals surface area contributed by atoms with Crippen LogP contribution in [0.5, 0.6) is 0 Å². The maximum absolute atomic E-state index is 12.1. The number of aromatic nitrogens is 3. The molecule has 112 valence electrons. The van der Waals surface area contributed by atoms with Crippen molar-refractivity contribution >= 4 is 11.6 Å². The molecule has 0 spiro atoms. The van der Waals surface area contributed by atoms with E-state index in [1.807, 2.05) is 23.8 Å². The van der Waals surface area contributed by atoms with Gasteiger partial charge in [0.15, 0.2) is 5.82 Å². The molecule has 2 aromatic rings. The van der Waals surface area contributed by atoms with Gasteiger partial charge < -0.3 is 11.1 Å². The first-order chi connectivity index (χ1) is 10.1. The summed E-state index contributed by atoms with van der Waals surface area (Å²) in [5.74, 6) is 1.26. The second-order valence-corrected chi connectivity index (χ2v) is 4.96. The van der Waals surface area contributed by atoms with Crippen molar-refractivity contribution < 1.29 is 4.79 Å². The fourth-order valence-corrected chi connectivity index (χ4v) is 2.07. The van der Waals surface area contributed by atoms with E-state index in [0.717, 1.165) is 18.7 Å². The Bertz CT molecular complexity index is 608. The molecule has 0 saturated heterocycles. The molecule has 2 rings (SSSR count). The highest BCUT2D eigenvalue weighted by Crippen LogP contribution is 2.18. The number of aryl methyl sites for hydroxylation is 1. The largest absolute Gasteiger partial charge is 0.322 e. The van der Waals surface area contributed by atoms with Gasteiger partial charge in [-0.15, -0.1) is 0 Å². The summed E-state index contributed by atoms with van der Waals surface area (Å²) in [6.07, 6.45) is 7.83. The van der Waals surface area contributed by atoms with Crippen LogP contribution in [-0.2, 0) is 4.79 Å². The topological polar surface area (TPSA) is 85.8 Å². The fourth-order valence-electron chi connectivity index (χ4n) is 2.07. The van der Waals surface area contributed by atoms with E-state index in [-0.39, 0.29) is 5.91 Å². The van der Waals surface area contributed by atoms with Gasteiger partial charge in [0.25, 0.3) is 0 Å². The highest BCUT2D eigenvalue weighted by Gasteiger charge is 2.16. The second kappa shape index (κ2) is 6.99. The summed E-state index contributed by atoms with van der Waals surface area (Å²) in [4.78, 5) is 20.6. The number of rotatable bonds is 6. The summed E-state index contributed by atoms with van der Waals surface area (Å²) < 4.78 is 1.83. The molecule has 2 aromatic heterocycles. The van der Waals surface area contributed by atoms with Gasteiger partial charge in [-0.3, -0.25) is 9.36 Å². The van der Waals surface area contributed by atoms with Gasteiger partial charge in [-0.05, 0) is 25.5 Å². The monoisotopic (exact) mass is 287 g/mol. The van der Waals surface area contributed by atoms with E-state index in [9.17, 15) is 4.79 Å². The number of carbonyl (C=O) groups is 1. The molecule has 0 saturated carbocycles. The summed E-state index contributed by atoms with van der Waals surface area (Å²) in [5.41, 5.74) is 6.53. The van der Waals surface area contributed by atoms with Crippen LogP contribution in [0.15, 0.2) is 30.7 Å². The number of imidazole rings is 1. The van der Waals surface area contributed by atoms with Crippen LogP contribution < -0.4 is 11.1 Å². The summed E-state index contributed by atoms with van der Waals surface area (Å²) in [5, 5.41) is 2.86. The Balaban J connectivity index is 2.18. The van der Waals surface area contributed by atoms with E-state index in [4.69, 9.17) is 5.73 Å². The number of nitrogens with zero attached hydrogens (tertiary/aromatic N) is 3. The molecule has 0 aromatic carbocycles. The smallest absolute Gasteiger partial charge is 0.241 e. The molecule has 3 N–H and O–H groups in total. The molecule has 21 heavy (non-hydrogen) atoms. The van der Waals surface area contributed by atoms with Gasteiger partial charge in [-0.2, -0.15) is 0 Å². The van der Waals surface area contributed by atoms with Gasteiger partial charge in [-0.1, -0.05) is 19.8 Å². The number of hydrogen-bond donors (Lipinski definition) is 2. The van der Waals surface area contributed by atoms with Crippen LogP contribution in [0.4, 0.5) is 5.69 Å². The van der Waals surface area contributed by atoms with Crippen LogP contribution in [0.25, 0.3) is 5.82 Å². The maximum Gasteiger partial charge on any atom is 0.241 e.